The van der Waals surface area contributed by atoms with Gasteiger partial charge in [0.15, 0.2) is 0 Å². The molecule has 0 N–H and O–H groups in total. The van der Waals surface area contributed by atoms with E-state index >= 15 is 0 Å². The summed E-state index contributed by atoms with van der Waals surface area (Å²) in [5.41, 5.74) is 3.59. The van der Waals surface area contributed by atoms with Crippen LogP contribution in [0.3, 0.4) is 0 Å². The lowest BCUT2D eigenvalue weighted by atomic mass is 9.77. The molecule has 1 aromatic carbocycles. The van der Waals surface area contributed by atoms with Crippen LogP contribution in [0.5, 0.6) is 0 Å². The van der Waals surface area contributed by atoms with E-state index in [9.17, 15) is 4.39 Å². The van der Waals surface area contributed by atoms with E-state index in [1.165, 1.54) is 56.9 Å². The highest BCUT2D eigenvalue weighted by Crippen LogP contribution is 2.38. The van der Waals surface area contributed by atoms with Gasteiger partial charge in [-0.15, -0.1) is 0 Å². The number of hydrogen-bond donors (Lipinski definition) is 0. The number of aromatic nitrogens is 1. The molecule has 0 aliphatic heterocycles. The zero-order valence-electron chi connectivity index (χ0n) is 15.6. The van der Waals surface area contributed by atoms with Gasteiger partial charge in [-0.05, 0) is 73.8 Å². The number of unbranched alkanes of at least 4 members (excludes halogenated alkanes) is 2. The maximum absolute atomic E-state index is 14.6. The Morgan fingerprint density at radius 3 is 2.48 bits per heavy atom. The van der Waals surface area contributed by atoms with Crippen LogP contribution in [0.2, 0.25) is 0 Å². The van der Waals surface area contributed by atoms with Gasteiger partial charge >= 0.3 is 0 Å². The number of rotatable bonds is 6. The van der Waals surface area contributed by atoms with Gasteiger partial charge in [-0.2, -0.15) is 0 Å². The Balaban J connectivity index is 1.63. The van der Waals surface area contributed by atoms with E-state index in [1.807, 2.05) is 25.1 Å². The predicted octanol–water partition coefficient (Wildman–Crippen LogP) is 7.05. The van der Waals surface area contributed by atoms with Gasteiger partial charge in [-0.1, -0.05) is 44.7 Å². The van der Waals surface area contributed by atoms with Gasteiger partial charge in [0.05, 0.1) is 5.69 Å². The maximum atomic E-state index is 14.6. The maximum Gasteiger partial charge on any atom is 0.132 e. The molecule has 1 aliphatic carbocycles. The largest absolute Gasteiger partial charge is 0.256 e. The van der Waals surface area contributed by atoms with Crippen LogP contribution < -0.4 is 0 Å². The number of benzene rings is 1. The molecular formula is C23H30FN. The van der Waals surface area contributed by atoms with Crippen molar-refractivity contribution in [2.45, 2.75) is 71.1 Å². The van der Waals surface area contributed by atoms with Crippen LogP contribution in [-0.4, -0.2) is 4.98 Å². The third-order valence-corrected chi connectivity index (χ3v) is 5.71. The van der Waals surface area contributed by atoms with Crippen molar-refractivity contribution in [3.8, 4) is 11.3 Å². The topological polar surface area (TPSA) is 12.9 Å². The second kappa shape index (κ2) is 8.60. The second-order valence-corrected chi connectivity index (χ2v) is 7.67. The second-order valence-electron chi connectivity index (χ2n) is 7.67. The van der Waals surface area contributed by atoms with E-state index in [0.29, 0.717) is 17.2 Å². The summed E-state index contributed by atoms with van der Waals surface area (Å²) in [6, 6.07) is 9.65. The number of aryl methyl sites for hydroxylation is 1. The summed E-state index contributed by atoms with van der Waals surface area (Å²) in [6.07, 6.45) is 12.2. The predicted molar refractivity (Wildman–Crippen MR) is 103 cm³/mol. The highest BCUT2D eigenvalue weighted by atomic mass is 19.1. The molecule has 1 heterocycles. The SMILES string of the molecule is CCCCCC1CCC(c2ccc(-c3ccc(C)cn3)c(F)c2)CC1. The third-order valence-electron chi connectivity index (χ3n) is 5.71. The smallest absolute Gasteiger partial charge is 0.132 e. The molecule has 1 fully saturated rings. The summed E-state index contributed by atoms with van der Waals surface area (Å²) in [7, 11) is 0. The van der Waals surface area contributed by atoms with Crippen molar-refractivity contribution in [2.75, 3.05) is 0 Å². The Kier molecular flexibility index (Phi) is 6.23. The highest BCUT2D eigenvalue weighted by Gasteiger charge is 2.23. The standard InChI is InChI=1S/C23H30FN/c1-3-4-5-6-18-8-10-19(11-9-18)20-12-13-21(22(24)15-20)23-14-7-17(2)16-25-23/h7,12-16,18-19H,3-6,8-11H2,1-2H3. The van der Waals surface area contributed by atoms with Crippen LogP contribution in [-0.2, 0) is 0 Å². The van der Waals surface area contributed by atoms with Crippen LogP contribution in [0, 0.1) is 18.7 Å². The van der Waals surface area contributed by atoms with Gasteiger partial charge in [-0.25, -0.2) is 4.39 Å². The summed E-state index contributed by atoms with van der Waals surface area (Å²) in [5.74, 6) is 1.28. The first kappa shape index (κ1) is 18.1. The Morgan fingerprint density at radius 1 is 1.04 bits per heavy atom. The molecule has 2 aromatic rings. The minimum atomic E-state index is -0.140. The molecule has 0 bridgehead atoms. The third kappa shape index (κ3) is 4.68. The number of pyridine rings is 1. The van der Waals surface area contributed by atoms with Crippen LogP contribution in [0.15, 0.2) is 36.5 Å². The Labute approximate surface area is 151 Å². The molecule has 1 aromatic heterocycles. The molecule has 25 heavy (non-hydrogen) atoms. The van der Waals surface area contributed by atoms with Crippen molar-refractivity contribution in [3.05, 3.63) is 53.5 Å². The van der Waals surface area contributed by atoms with Gasteiger partial charge in [0.1, 0.15) is 5.82 Å². The molecule has 1 nitrogen and oxygen atoms in total. The van der Waals surface area contributed by atoms with Gasteiger partial charge in [-0.3, -0.25) is 4.98 Å². The molecule has 2 heteroatoms. The fourth-order valence-corrected chi connectivity index (χ4v) is 4.09. The lowest BCUT2D eigenvalue weighted by molar-refractivity contribution is 0.302. The zero-order chi connectivity index (χ0) is 17.6. The number of hydrogen-bond acceptors (Lipinski definition) is 1. The monoisotopic (exact) mass is 339 g/mol. The van der Waals surface area contributed by atoms with Crippen molar-refractivity contribution in [1.82, 2.24) is 4.98 Å². The van der Waals surface area contributed by atoms with E-state index in [0.717, 1.165) is 11.5 Å². The van der Waals surface area contributed by atoms with Crippen molar-refractivity contribution in [2.24, 2.45) is 5.92 Å². The molecular weight excluding hydrogens is 309 g/mol. The van der Waals surface area contributed by atoms with Crippen molar-refractivity contribution >= 4 is 0 Å². The van der Waals surface area contributed by atoms with E-state index in [-0.39, 0.29) is 5.82 Å². The molecule has 0 radical (unpaired) electrons. The summed E-state index contributed by atoms with van der Waals surface area (Å²) in [5, 5.41) is 0. The van der Waals surface area contributed by atoms with Crippen molar-refractivity contribution in [1.29, 1.82) is 0 Å². The van der Waals surface area contributed by atoms with E-state index in [4.69, 9.17) is 0 Å². The van der Waals surface area contributed by atoms with E-state index in [1.54, 1.807) is 12.3 Å². The number of nitrogens with zero attached hydrogens (tertiary/aromatic N) is 1. The number of halogens is 1. The van der Waals surface area contributed by atoms with Crippen LogP contribution in [0.4, 0.5) is 4.39 Å². The Morgan fingerprint density at radius 2 is 1.84 bits per heavy atom. The van der Waals surface area contributed by atoms with Crippen molar-refractivity contribution < 1.29 is 4.39 Å². The zero-order valence-corrected chi connectivity index (χ0v) is 15.6. The minimum absolute atomic E-state index is 0.140. The normalized spacial score (nSPS) is 20.6. The first-order valence-electron chi connectivity index (χ1n) is 9.90. The molecule has 0 atom stereocenters. The average Bonchev–Trinajstić information content (AvgIpc) is 2.63. The van der Waals surface area contributed by atoms with Gasteiger partial charge in [0.2, 0.25) is 0 Å². The summed E-state index contributed by atoms with van der Waals surface area (Å²) in [6.45, 7) is 4.26. The van der Waals surface area contributed by atoms with Crippen LogP contribution in [0.25, 0.3) is 11.3 Å². The first-order chi connectivity index (χ1) is 12.2. The van der Waals surface area contributed by atoms with Gasteiger partial charge in [0.25, 0.3) is 0 Å². The summed E-state index contributed by atoms with van der Waals surface area (Å²) >= 11 is 0. The lowest BCUT2D eigenvalue weighted by Crippen LogP contribution is -2.13. The first-order valence-corrected chi connectivity index (χ1v) is 9.90. The Hall–Kier alpha value is -1.70. The molecule has 1 aliphatic rings. The van der Waals surface area contributed by atoms with Crippen LogP contribution >= 0.6 is 0 Å². The van der Waals surface area contributed by atoms with E-state index < -0.39 is 0 Å². The van der Waals surface area contributed by atoms with Gasteiger partial charge in [0, 0.05) is 11.8 Å². The van der Waals surface area contributed by atoms with E-state index in [2.05, 4.69) is 18.0 Å². The van der Waals surface area contributed by atoms with Crippen LogP contribution in [0.1, 0.15) is 75.3 Å². The fraction of sp³-hybridized carbons (Fsp3) is 0.522. The molecule has 1 saturated carbocycles. The molecule has 0 saturated heterocycles. The molecule has 0 unspecified atom stereocenters. The molecule has 0 spiro atoms. The Bertz CT molecular complexity index is 669. The van der Waals surface area contributed by atoms with Crippen molar-refractivity contribution in [3.63, 3.8) is 0 Å². The summed E-state index contributed by atoms with van der Waals surface area (Å²) < 4.78 is 14.6. The lowest BCUT2D eigenvalue weighted by Gasteiger charge is -2.29. The fourth-order valence-electron chi connectivity index (χ4n) is 4.09. The molecule has 0 amide bonds. The summed E-state index contributed by atoms with van der Waals surface area (Å²) in [4.78, 5) is 4.36. The quantitative estimate of drug-likeness (QED) is 0.514. The highest BCUT2D eigenvalue weighted by molar-refractivity contribution is 5.60. The minimum Gasteiger partial charge on any atom is -0.256 e. The average molecular weight is 339 g/mol. The molecule has 3 rings (SSSR count). The van der Waals surface area contributed by atoms with Gasteiger partial charge < -0.3 is 0 Å². The molecule has 134 valence electrons.